The quantitative estimate of drug-likeness (QED) is 0.247. The van der Waals surface area contributed by atoms with Gasteiger partial charge in [-0.15, -0.1) is 0 Å². The van der Waals surface area contributed by atoms with Gasteiger partial charge in [-0.25, -0.2) is 4.79 Å². The van der Waals surface area contributed by atoms with Gasteiger partial charge < -0.3 is 20.5 Å². The normalized spacial score (nSPS) is 18.8. The Bertz CT molecular complexity index is 1070. The summed E-state index contributed by atoms with van der Waals surface area (Å²) in [6, 6.07) is 2.14. The molecule has 2 unspecified atom stereocenters. The van der Waals surface area contributed by atoms with E-state index in [0.29, 0.717) is 4.90 Å². The predicted octanol–water partition coefficient (Wildman–Crippen LogP) is -1.03. The molecule has 15 heteroatoms. The van der Waals surface area contributed by atoms with Crippen LogP contribution in [0.4, 0.5) is 13.2 Å². The molecule has 2 aliphatic heterocycles. The van der Waals surface area contributed by atoms with Crippen LogP contribution in [-0.2, 0) is 23.9 Å². The Morgan fingerprint density at radius 1 is 1.21 bits per heavy atom. The minimum Gasteiger partial charge on any atom is -0.445 e. The molecule has 3 rings (SSSR count). The molecule has 2 aliphatic rings. The molecule has 0 aliphatic carbocycles. The summed E-state index contributed by atoms with van der Waals surface area (Å²) in [5.74, 6) is -8.02. The number of hydrogen-bond donors (Lipinski definition) is 3. The highest BCUT2D eigenvalue weighted by molar-refractivity contribution is 6.24. The Labute approximate surface area is 188 Å². The summed E-state index contributed by atoms with van der Waals surface area (Å²) in [5.41, 5.74) is 4.50. The van der Waals surface area contributed by atoms with Crippen LogP contribution in [-0.4, -0.2) is 72.0 Å². The van der Waals surface area contributed by atoms with E-state index in [1.54, 1.807) is 0 Å². The van der Waals surface area contributed by atoms with Crippen LogP contribution < -0.4 is 21.1 Å². The summed E-state index contributed by atoms with van der Waals surface area (Å²) in [6.45, 7) is -0.295. The SMILES string of the molecule is NCCNC(=O)C(OC(=O)C(F)(F)F)Oc1cccc2c1C(=O)N(C1CCC(=O)NC1=O)C2=O. The maximum Gasteiger partial charge on any atom is 0.491 e. The lowest BCUT2D eigenvalue weighted by molar-refractivity contribution is -0.216. The molecule has 4 N–H and O–H groups in total. The summed E-state index contributed by atoms with van der Waals surface area (Å²) in [4.78, 5) is 73.5. The third-order valence-corrected chi connectivity index (χ3v) is 4.77. The first-order valence-electron chi connectivity index (χ1n) is 9.72. The highest BCUT2D eigenvalue weighted by atomic mass is 19.4. The number of rotatable bonds is 7. The zero-order valence-electron chi connectivity index (χ0n) is 17.1. The van der Waals surface area contributed by atoms with Gasteiger partial charge in [-0.05, 0) is 18.6 Å². The highest BCUT2D eigenvalue weighted by Crippen LogP contribution is 2.34. The van der Waals surface area contributed by atoms with E-state index in [9.17, 15) is 41.9 Å². The Balaban J connectivity index is 1.92. The molecule has 1 fully saturated rings. The van der Waals surface area contributed by atoms with Crippen molar-refractivity contribution in [2.24, 2.45) is 5.73 Å². The van der Waals surface area contributed by atoms with E-state index in [1.807, 2.05) is 5.32 Å². The number of carbonyl (C=O) groups excluding carboxylic acids is 6. The van der Waals surface area contributed by atoms with E-state index < -0.39 is 65.3 Å². The van der Waals surface area contributed by atoms with Gasteiger partial charge in [-0.3, -0.25) is 34.2 Å². The summed E-state index contributed by atoms with van der Waals surface area (Å²) in [5, 5.41) is 4.10. The minimum absolute atomic E-state index is 0.0969. The van der Waals surface area contributed by atoms with Crippen LogP contribution in [0, 0.1) is 0 Å². The average Bonchev–Trinajstić information content (AvgIpc) is 3.02. The van der Waals surface area contributed by atoms with Crippen LogP contribution >= 0.6 is 0 Å². The van der Waals surface area contributed by atoms with Crippen LogP contribution in [0.3, 0.4) is 0 Å². The number of alkyl halides is 3. The van der Waals surface area contributed by atoms with Crippen LogP contribution in [0.15, 0.2) is 18.2 Å². The van der Waals surface area contributed by atoms with Crippen molar-refractivity contribution in [2.75, 3.05) is 13.1 Å². The van der Waals surface area contributed by atoms with Gasteiger partial charge in [0.2, 0.25) is 11.8 Å². The Morgan fingerprint density at radius 3 is 2.53 bits per heavy atom. The fourth-order valence-electron chi connectivity index (χ4n) is 3.27. The number of nitrogens with one attached hydrogen (secondary N) is 2. The molecule has 2 atom stereocenters. The smallest absolute Gasteiger partial charge is 0.445 e. The maximum absolute atomic E-state index is 13.0. The van der Waals surface area contributed by atoms with E-state index in [4.69, 9.17) is 10.5 Å². The number of nitrogens with zero attached hydrogens (tertiary/aromatic N) is 1. The van der Waals surface area contributed by atoms with Crippen LogP contribution in [0.5, 0.6) is 5.75 Å². The van der Waals surface area contributed by atoms with Crippen molar-refractivity contribution in [1.82, 2.24) is 15.5 Å². The predicted molar refractivity (Wildman–Crippen MR) is 102 cm³/mol. The maximum atomic E-state index is 13.0. The fourth-order valence-corrected chi connectivity index (χ4v) is 3.27. The van der Waals surface area contributed by atoms with Gasteiger partial charge in [-0.1, -0.05) is 6.07 Å². The van der Waals surface area contributed by atoms with Crippen molar-refractivity contribution in [3.05, 3.63) is 29.3 Å². The van der Waals surface area contributed by atoms with Gasteiger partial charge in [-0.2, -0.15) is 13.2 Å². The molecule has 182 valence electrons. The van der Waals surface area contributed by atoms with Gasteiger partial charge in [0.15, 0.2) is 0 Å². The molecule has 0 saturated carbocycles. The summed E-state index contributed by atoms with van der Waals surface area (Å²) < 4.78 is 47.3. The van der Waals surface area contributed by atoms with Gasteiger partial charge >= 0.3 is 24.3 Å². The van der Waals surface area contributed by atoms with Crippen molar-refractivity contribution >= 4 is 35.5 Å². The average molecular weight is 486 g/mol. The van der Waals surface area contributed by atoms with Crippen molar-refractivity contribution in [3.63, 3.8) is 0 Å². The second-order valence-electron chi connectivity index (χ2n) is 7.06. The topological polar surface area (TPSA) is 174 Å². The number of amides is 5. The van der Waals surface area contributed by atoms with Crippen LogP contribution in [0.1, 0.15) is 33.6 Å². The Hall–Kier alpha value is -4.01. The molecule has 0 bridgehead atoms. The van der Waals surface area contributed by atoms with E-state index in [2.05, 4.69) is 10.1 Å². The van der Waals surface area contributed by atoms with E-state index in [1.165, 1.54) is 12.1 Å². The number of carbonyl (C=O) groups is 6. The molecule has 0 radical (unpaired) electrons. The molecule has 1 aromatic carbocycles. The standard InChI is InChI=1S/C19H17F3N4O8/c20-19(21,22)18(32)34-17(14(29)24-7-6-23)33-10-3-1-2-8-12(10)16(31)26(15(8)30)9-4-5-11(27)25-13(9)28/h1-3,9,17H,4-7,23H2,(H,24,29)(H,25,27,28). The monoisotopic (exact) mass is 486 g/mol. The zero-order chi connectivity index (χ0) is 25.2. The van der Waals surface area contributed by atoms with Crippen molar-refractivity contribution < 1.29 is 51.4 Å². The lowest BCUT2D eigenvalue weighted by Gasteiger charge is -2.27. The second kappa shape index (κ2) is 9.46. The van der Waals surface area contributed by atoms with Crippen molar-refractivity contribution in [1.29, 1.82) is 0 Å². The highest BCUT2D eigenvalue weighted by Gasteiger charge is 2.47. The number of benzene rings is 1. The first-order valence-corrected chi connectivity index (χ1v) is 9.72. The molecule has 12 nitrogen and oxygen atoms in total. The van der Waals surface area contributed by atoms with E-state index >= 15 is 0 Å². The second-order valence-corrected chi connectivity index (χ2v) is 7.06. The number of hydrogen-bond acceptors (Lipinski definition) is 9. The zero-order valence-corrected chi connectivity index (χ0v) is 17.1. The number of esters is 1. The van der Waals surface area contributed by atoms with E-state index in [-0.39, 0.29) is 31.5 Å². The molecular formula is C19H17F3N4O8. The number of nitrogens with two attached hydrogens (primary N) is 1. The molecule has 0 aromatic heterocycles. The van der Waals surface area contributed by atoms with Gasteiger partial charge in [0.1, 0.15) is 11.8 Å². The fraction of sp³-hybridized carbons (Fsp3) is 0.368. The third kappa shape index (κ3) is 4.83. The van der Waals surface area contributed by atoms with Gasteiger partial charge in [0.25, 0.3) is 11.8 Å². The third-order valence-electron chi connectivity index (χ3n) is 4.77. The summed E-state index contributed by atoms with van der Waals surface area (Å²) in [6.07, 6.45) is -8.22. The number of fused-ring (bicyclic) bond motifs is 1. The van der Waals surface area contributed by atoms with Crippen LogP contribution in [0.2, 0.25) is 0 Å². The lowest BCUT2D eigenvalue weighted by atomic mass is 10.0. The number of halogens is 3. The van der Waals surface area contributed by atoms with Crippen molar-refractivity contribution in [2.45, 2.75) is 31.3 Å². The Morgan fingerprint density at radius 2 is 1.91 bits per heavy atom. The van der Waals surface area contributed by atoms with E-state index in [0.717, 1.165) is 6.07 Å². The molecule has 0 spiro atoms. The first kappa shape index (κ1) is 24.6. The summed E-state index contributed by atoms with van der Waals surface area (Å²) in [7, 11) is 0. The molecule has 34 heavy (non-hydrogen) atoms. The molecule has 1 aromatic rings. The number of piperidine rings is 1. The van der Waals surface area contributed by atoms with Crippen molar-refractivity contribution in [3.8, 4) is 5.75 Å². The molecular weight excluding hydrogens is 469 g/mol. The largest absolute Gasteiger partial charge is 0.491 e. The molecule has 5 amide bonds. The number of ether oxygens (including phenoxy) is 2. The summed E-state index contributed by atoms with van der Waals surface area (Å²) >= 11 is 0. The lowest BCUT2D eigenvalue weighted by Crippen LogP contribution is -2.54. The Kier molecular flexibility index (Phi) is 6.85. The minimum atomic E-state index is -5.46. The van der Waals surface area contributed by atoms with Crippen LogP contribution in [0.25, 0.3) is 0 Å². The first-order chi connectivity index (χ1) is 16.0. The molecule has 2 heterocycles. The van der Waals surface area contributed by atoms with Gasteiger partial charge in [0.05, 0.1) is 11.1 Å². The van der Waals surface area contributed by atoms with Gasteiger partial charge in [0, 0.05) is 19.5 Å². The molecule has 1 saturated heterocycles. The number of imide groups is 2.